The molecular weight excluding hydrogens is 421 g/mol. The third kappa shape index (κ3) is 4.35. The first-order valence-corrected chi connectivity index (χ1v) is 11.8. The van der Waals surface area contributed by atoms with E-state index in [4.69, 9.17) is 0 Å². The number of hydrogen-bond acceptors (Lipinski definition) is 4. The van der Waals surface area contributed by atoms with Crippen LogP contribution in [0.1, 0.15) is 12.6 Å². The second-order valence-corrected chi connectivity index (χ2v) is 9.31. The van der Waals surface area contributed by atoms with E-state index in [0.29, 0.717) is 11.1 Å². The van der Waals surface area contributed by atoms with Gasteiger partial charge in [0.1, 0.15) is 5.69 Å². The van der Waals surface area contributed by atoms with Gasteiger partial charge in [-0.15, -0.1) is 11.8 Å². The summed E-state index contributed by atoms with van der Waals surface area (Å²) in [6.07, 6.45) is -1.63. The van der Waals surface area contributed by atoms with E-state index >= 15 is 0 Å². The molecule has 0 radical (unpaired) electrons. The molecule has 4 nitrogen and oxygen atoms in total. The molecular formula is C20H19F3N2O2S2. The molecule has 0 unspecified atom stereocenters. The van der Waals surface area contributed by atoms with E-state index in [1.165, 1.54) is 36.0 Å². The first-order chi connectivity index (χ1) is 13.6. The van der Waals surface area contributed by atoms with Crippen molar-refractivity contribution in [3.8, 4) is 22.4 Å². The first kappa shape index (κ1) is 21.4. The number of rotatable bonds is 5. The maximum Gasteiger partial charge on any atom is 0.433 e. The van der Waals surface area contributed by atoms with Crippen molar-refractivity contribution >= 4 is 21.6 Å². The first-order valence-electron chi connectivity index (χ1n) is 8.69. The lowest BCUT2D eigenvalue weighted by molar-refractivity contribution is -0.143. The van der Waals surface area contributed by atoms with Crippen molar-refractivity contribution in [1.29, 1.82) is 0 Å². The fourth-order valence-corrected chi connectivity index (χ4v) is 4.11. The molecule has 0 saturated heterocycles. The van der Waals surface area contributed by atoms with Gasteiger partial charge in [0, 0.05) is 28.8 Å². The highest BCUT2D eigenvalue weighted by atomic mass is 32.2. The van der Waals surface area contributed by atoms with Gasteiger partial charge in [-0.2, -0.15) is 18.3 Å². The molecule has 0 bridgehead atoms. The van der Waals surface area contributed by atoms with Crippen LogP contribution >= 0.6 is 11.8 Å². The Balaban J connectivity index is 2.27. The smallest absolute Gasteiger partial charge is 0.260 e. The Kier molecular flexibility index (Phi) is 5.82. The normalized spacial score (nSPS) is 12.3. The number of sulfone groups is 1. The van der Waals surface area contributed by atoms with Crippen LogP contribution in [0.15, 0.2) is 58.3 Å². The minimum absolute atomic E-state index is 0.0147. The molecule has 29 heavy (non-hydrogen) atoms. The lowest BCUT2D eigenvalue weighted by Gasteiger charge is -2.12. The highest BCUT2D eigenvalue weighted by Gasteiger charge is 2.40. The van der Waals surface area contributed by atoms with Crippen molar-refractivity contribution in [2.75, 3.05) is 12.5 Å². The topological polar surface area (TPSA) is 52.0 Å². The van der Waals surface area contributed by atoms with Crippen molar-refractivity contribution in [2.45, 2.75) is 29.4 Å². The summed E-state index contributed by atoms with van der Waals surface area (Å²) in [5.74, 6) is 0. The Hall–Kier alpha value is -2.26. The maximum absolute atomic E-state index is 13.9. The van der Waals surface area contributed by atoms with E-state index in [-0.39, 0.29) is 22.7 Å². The second kappa shape index (κ2) is 7.87. The average molecular weight is 441 g/mol. The quantitative estimate of drug-likeness (QED) is 0.500. The minimum Gasteiger partial charge on any atom is -0.260 e. The largest absolute Gasteiger partial charge is 0.433 e. The summed E-state index contributed by atoms with van der Waals surface area (Å²) in [7, 11) is -3.41. The number of alkyl halides is 3. The van der Waals surface area contributed by atoms with Crippen LogP contribution in [-0.2, 0) is 22.6 Å². The fourth-order valence-electron chi connectivity index (χ4n) is 3.07. The molecule has 0 aliphatic carbocycles. The van der Waals surface area contributed by atoms with Crippen molar-refractivity contribution in [3.05, 3.63) is 54.2 Å². The van der Waals surface area contributed by atoms with Gasteiger partial charge in [-0.05, 0) is 43.0 Å². The molecule has 0 atom stereocenters. The molecule has 1 aromatic heterocycles. The SMILES string of the molecule is CCn1nc(-c2ccc(S(C)(=O)=O)cc2)c(-c2ccc(SC)cc2)c1C(F)(F)F. The van der Waals surface area contributed by atoms with E-state index in [0.717, 1.165) is 15.8 Å². The molecule has 9 heteroatoms. The van der Waals surface area contributed by atoms with Crippen LogP contribution in [0.2, 0.25) is 0 Å². The highest BCUT2D eigenvalue weighted by molar-refractivity contribution is 7.98. The minimum atomic E-state index is -4.60. The summed E-state index contributed by atoms with van der Waals surface area (Å²) >= 11 is 1.50. The molecule has 2 aromatic carbocycles. The molecule has 3 rings (SSSR count). The van der Waals surface area contributed by atoms with Crippen molar-refractivity contribution in [1.82, 2.24) is 9.78 Å². The molecule has 0 amide bonds. The zero-order valence-corrected chi connectivity index (χ0v) is 17.6. The van der Waals surface area contributed by atoms with Gasteiger partial charge in [0.2, 0.25) is 0 Å². The third-order valence-electron chi connectivity index (χ3n) is 4.46. The summed E-state index contributed by atoms with van der Waals surface area (Å²) in [4.78, 5) is 1.03. The lowest BCUT2D eigenvalue weighted by Crippen LogP contribution is -2.14. The third-order valence-corrected chi connectivity index (χ3v) is 6.33. The summed E-state index contributed by atoms with van der Waals surface area (Å²) in [5, 5.41) is 4.22. The summed E-state index contributed by atoms with van der Waals surface area (Å²) < 4.78 is 66.1. The summed E-state index contributed by atoms with van der Waals surface area (Å²) in [5.41, 5.74) is 0.144. The highest BCUT2D eigenvalue weighted by Crippen LogP contribution is 2.43. The molecule has 0 fully saturated rings. The molecule has 0 aliphatic heterocycles. The van der Waals surface area contributed by atoms with E-state index in [1.807, 2.05) is 6.26 Å². The van der Waals surface area contributed by atoms with Crippen molar-refractivity contribution in [2.24, 2.45) is 0 Å². The number of aryl methyl sites for hydroxylation is 1. The summed E-state index contributed by atoms with van der Waals surface area (Å²) in [6, 6.07) is 12.5. The van der Waals surface area contributed by atoms with Crippen LogP contribution in [0.25, 0.3) is 22.4 Å². The second-order valence-electron chi connectivity index (χ2n) is 6.41. The number of nitrogens with zero attached hydrogens (tertiary/aromatic N) is 2. The summed E-state index contributed by atoms with van der Waals surface area (Å²) in [6.45, 7) is 1.64. The number of benzene rings is 2. The number of hydrogen-bond donors (Lipinski definition) is 0. The van der Waals surface area contributed by atoms with Gasteiger partial charge in [0.25, 0.3) is 0 Å². The molecule has 3 aromatic rings. The molecule has 0 spiro atoms. The molecule has 0 N–H and O–H groups in total. The molecule has 0 aliphatic rings. The van der Waals surface area contributed by atoms with E-state index in [2.05, 4.69) is 5.10 Å². The van der Waals surface area contributed by atoms with Crippen LogP contribution in [0, 0.1) is 0 Å². The number of halogens is 3. The molecule has 154 valence electrons. The van der Waals surface area contributed by atoms with E-state index in [1.54, 1.807) is 31.2 Å². The predicted molar refractivity (Wildman–Crippen MR) is 109 cm³/mol. The maximum atomic E-state index is 13.9. The zero-order valence-electron chi connectivity index (χ0n) is 16.0. The van der Waals surface area contributed by atoms with E-state index in [9.17, 15) is 21.6 Å². The van der Waals surface area contributed by atoms with Crippen LogP contribution in [0.4, 0.5) is 13.2 Å². The molecule has 0 saturated carbocycles. The van der Waals surface area contributed by atoms with Crippen LogP contribution in [0.5, 0.6) is 0 Å². The standard InChI is InChI=1S/C20H19F3N2O2S2/c1-4-25-19(20(21,22)23)17(13-5-9-15(28-2)10-6-13)18(24-25)14-7-11-16(12-8-14)29(3,26)27/h5-12H,4H2,1-3H3. The average Bonchev–Trinajstić information content (AvgIpc) is 3.07. The van der Waals surface area contributed by atoms with Crippen molar-refractivity contribution < 1.29 is 21.6 Å². The monoisotopic (exact) mass is 440 g/mol. The van der Waals surface area contributed by atoms with Gasteiger partial charge in [0.05, 0.1) is 4.90 Å². The van der Waals surface area contributed by atoms with Gasteiger partial charge in [-0.1, -0.05) is 24.3 Å². The van der Waals surface area contributed by atoms with Crippen LogP contribution < -0.4 is 0 Å². The van der Waals surface area contributed by atoms with Crippen LogP contribution in [0.3, 0.4) is 0 Å². The molecule has 1 heterocycles. The van der Waals surface area contributed by atoms with Gasteiger partial charge in [-0.3, -0.25) is 4.68 Å². The Morgan fingerprint density at radius 1 is 1.00 bits per heavy atom. The zero-order chi connectivity index (χ0) is 21.4. The Labute approximate surface area is 171 Å². The Morgan fingerprint density at radius 2 is 1.55 bits per heavy atom. The van der Waals surface area contributed by atoms with Gasteiger partial charge >= 0.3 is 6.18 Å². The number of thioether (sulfide) groups is 1. The lowest BCUT2D eigenvalue weighted by atomic mass is 9.98. The fraction of sp³-hybridized carbons (Fsp3) is 0.250. The van der Waals surface area contributed by atoms with Gasteiger partial charge < -0.3 is 0 Å². The van der Waals surface area contributed by atoms with E-state index < -0.39 is 21.7 Å². The van der Waals surface area contributed by atoms with Gasteiger partial charge in [0.15, 0.2) is 15.5 Å². The number of aromatic nitrogens is 2. The predicted octanol–water partition coefficient (Wildman–Crippen LogP) is 5.38. The van der Waals surface area contributed by atoms with Crippen molar-refractivity contribution in [3.63, 3.8) is 0 Å². The Bertz CT molecular complexity index is 1120. The van der Waals surface area contributed by atoms with Crippen LogP contribution in [-0.4, -0.2) is 30.7 Å². The van der Waals surface area contributed by atoms with Gasteiger partial charge in [-0.25, -0.2) is 8.42 Å². The Morgan fingerprint density at radius 3 is 2.00 bits per heavy atom.